The van der Waals surface area contributed by atoms with Gasteiger partial charge in [-0.05, 0) is 29.8 Å². The Balaban J connectivity index is 1.97. The molecule has 106 valence electrons. The molecule has 0 bridgehead atoms. The summed E-state index contributed by atoms with van der Waals surface area (Å²) in [4.78, 5) is 0. The van der Waals surface area contributed by atoms with E-state index in [1.165, 1.54) is 12.1 Å². The van der Waals surface area contributed by atoms with Gasteiger partial charge >= 0.3 is 0 Å². The first-order chi connectivity index (χ1) is 10.2. The Morgan fingerprint density at radius 3 is 2.38 bits per heavy atom. The van der Waals surface area contributed by atoms with Gasteiger partial charge in [0, 0.05) is 6.07 Å². The fraction of sp³-hybridized carbons (Fsp3) is 0.0588. The van der Waals surface area contributed by atoms with Crippen LogP contribution in [0.4, 0.5) is 14.5 Å². The monoisotopic (exact) mass is 285 g/mol. The van der Waals surface area contributed by atoms with E-state index in [0.717, 1.165) is 11.6 Å². The first kappa shape index (κ1) is 13.4. The number of halogens is 2. The van der Waals surface area contributed by atoms with Crippen LogP contribution in [0.25, 0.3) is 0 Å². The fourth-order valence-electron chi connectivity index (χ4n) is 2.18. The molecule has 2 aromatic carbocycles. The van der Waals surface area contributed by atoms with Gasteiger partial charge in [-0.3, -0.25) is 0 Å². The van der Waals surface area contributed by atoms with Crippen LogP contribution in [0.3, 0.4) is 0 Å². The highest BCUT2D eigenvalue weighted by molar-refractivity contribution is 5.49. The summed E-state index contributed by atoms with van der Waals surface area (Å²) in [6, 6.07) is 16.2. The molecule has 0 aliphatic rings. The van der Waals surface area contributed by atoms with Crippen LogP contribution in [0.1, 0.15) is 17.4 Å². The molecule has 3 rings (SSSR count). The van der Waals surface area contributed by atoms with Gasteiger partial charge in [-0.25, -0.2) is 8.78 Å². The molecule has 0 saturated carbocycles. The highest BCUT2D eigenvalue weighted by Gasteiger charge is 2.18. The Hall–Kier alpha value is -2.62. The van der Waals surface area contributed by atoms with Crippen LogP contribution in [-0.4, -0.2) is 0 Å². The second-order valence-corrected chi connectivity index (χ2v) is 4.63. The Kier molecular flexibility index (Phi) is 3.69. The molecular formula is C17H13F2NO. The van der Waals surface area contributed by atoms with Crippen molar-refractivity contribution < 1.29 is 13.2 Å². The zero-order valence-electron chi connectivity index (χ0n) is 11.1. The molecule has 0 radical (unpaired) electrons. The Labute approximate surface area is 121 Å². The summed E-state index contributed by atoms with van der Waals surface area (Å²) in [6.45, 7) is 0. The second kappa shape index (κ2) is 5.79. The number of nitrogens with one attached hydrogen (secondary N) is 1. The molecule has 1 unspecified atom stereocenters. The van der Waals surface area contributed by atoms with E-state index in [9.17, 15) is 8.78 Å². The van der Waals surface area contributed by atoms with E-state index >= 15 is 0 Å². The minimum atomic E-state index is -0.637. The van der Waals surface area contributed by atoms with Crippen molar-refractivity contribution in [3.63, 3.8) is 0 Å². The second-order valence-electron chi connectivity index (χ2n) is 4.63. The zero-order valence-corrected chi connectivity index (χ0v) is 11.1. The maximum absolute atomic E-state index is 13.8. The summed E-state index contributed by atoms with van der Waals surface area (Å²) in [7, 11) is 0. The van der Waals surface area contributed by atoms with Crippen LogP contribution >= 0.6 is 0 Å². The highest BCUT2D eigenvalue weighted by atomic mass is 19.1. The Bertz CT molecular complexity index is 711. The number of hydrogen-bond donors (Lipinski definition) is 1. The number of hydrogen-bond acceptors (Lipinski definition) is 2. The summed E-state index contributed by atoms with van der Waals surface area (Å²) >= 11 is 0. The lowest BCUT2D eigenvalue weighted by Crippen LogP contribution is -2.12. The minimum absolute atomic E-state index is 0.224. The number of benzene rings is 2. The summed E-state index contributed by atoms with van der Waals surface area (Å²) in [5, 5.41) is 3.06. The first-order valence-corrected chi connectivity index (χ1v) is 6.54. The minimum Gasteiger partial charge on any atom is -0.467 e. The third-order valence-corrected chi connectivity index (χ3v) is 3.19. The van der Waals surface area contributed by atoms with Crippen LogP contribution < -0.4 is 5.32 Å². The predicted octanol–water partition coefficient (Wildman–Crippen LogP) is 4.76. The van der Waals surface area contributed by atoms with Crippen molar-refractivity contribution in [2.45, 2.75) is 6.04 Å². The lowest BCUT2D eigenvalue weighted by atomic mass is 10.0. The van der Waals surface area contributed by atoms with Crippen molar-refractivity contribution in [3.05, 3.63) is 89.9 Å². The molecule has 0 fully saturated rings. The van der Waals surface area contributed by atoms with E-state index < -0.39 is 11.6 Å². The fourth-order valence-corrected chi connectivity index (χ4v) is 2.18. The molecule has 1 heterocycles. The molecule has 0 saturated heterocycles. The molecule has 0 aliphatic carbocycles. The number of furan rings is 1. The average Bonchev–Trinajstić information content (AvgIpc) is 3.01. The molecule has 1 N–H and O–H groups in total. The molecule has 3 aromatic rings. The largest absolute Gasteiger partial charge is 0.467 e. The maximum Gasteiger partial charge on any atom is 0.149 e. The summed E-state index contributed by atoms with van der Waals surface area (Å²) < 4.78 is 32.3. The van der Waals surface area contributed by atoms with Crippen molar-refractivity contribution in [2.75, 3.05) is 5.32 Å². The van der Waals surface area contributed by atoms with Crippen LogP contribution in [0.5, 0.6) is 0 Å². The van der Waals surface area contributed by atoms with Crippen LogP contribution in [0.15, 0.2) is 71.3 Å². The van der Waals surface area contributed by atoms with Gasteiger partial charge in [-0.15, -0.1) is 0 Å². The van der Waals surface area contributed by atoms with E-state index in [-0.39, 0.29) is 11.7 Å². The molecule has 4 heteroatoms. The van der Waals surface area contributed by atoms with Crippen molar-refractivity contribution in [2.24, 2.45) is 0 Å². The Morgan fingerprint density at radius 1 is 0.905 bits per heavy atom. The van der Waals surface area contributed by atoms with Crippen molar-refractivity contribution >= 4 is 5.69 Å². The molecule has 1 atom stereocenters. The van der Waals surface area contributed by atoms with E-state index in [2.05, 4.69) is 5.32 Å². The van der Waals surface area contributed by atoms with Gasteiger partial charge in [0.05, 0.1) is 12.0 Å². The quantitative estimate of drug-likeness (QED) is 0.747. The number of rotatable bonds is 4. The first-order valence-electron chi connectivity index (χ1n) is 6.54. The topological polar surface area (TPSA) is 25.2 Å². The average molecular weight is 285 g/mol. The van der Waals surface area contributed by atoms with Crippen molar-refractivity contribution in [3.8, 4) is 0 Å². The van der Waals surface area contributed by atoms with Crippen LogP contribution in [0, 0.1) is 11.6 Å². The SMILES string of the molecule is Fc1ccc(NC(c2ccccc2)c2ccco2)c(F)c1. The Morgan fingerprint density at radius 2 is 1.71 bits per heavy atom. The van der Waals surface area contributed by atoms with Crippen molar-refractivity contribution in [1.82, 2.24) is 0 Å². The lowest BCUT2D eigenvalue weighted by molar-refractivity contribution is 0.497. The molecule has 21 heavy (non-hydrogen) atoms. The zero-order chi connectivity index (χ0) is 14.7. The normalized spacial score (nSPS) is 12.1. The van der Waals surface area contributed by atoms with Gasteiger partial charge in [0.15, 0.2) is 0 Å². The van der Waals surface area contributed by atoms with Crippen LogP contribution in [-0.2, 0) is 0 Å². The summed E-state index contributed by atoms with van der Waals surface area (Å²) in [5.41, 5.74) is 1.15. The van der Waals surface area contributed by atoms with Gasteiger partial charge in [0.2, 0.25) is 0 Å². The molecule has 0 spiro atoms. The van der Waals surface area contributed by atoms with Gasteiger partial charge < -0.3 is 9.73 Å². The van der Waals surface area contributed by atoms with E-state index in [1.807, 2.05) is 36.4 Å². The van der Waals surface area contributed by atoms with Gasteiger partial charge in [0.25, 0.3) is 0 Å². The summed E-state index contributed by atoms with van der Waals surface area (Å²) in [6.07, 6.45) is 1.56. The van der Waals surface area contributed by atoms with Crippen LogP contribution in [0.2, 0.25) is 0 Å². The molecule has 1 aromatic heterocycles. The van der Waals surface area contributed by atoms with Gasteiger partial charge in [-0.2, -0.15) is 0 Å². The summed E-state index contributed by atoms with van der Waals surface area (Å²) in [5.74, 6) is -0.584. The standard InChI is InChI=1S/C17H13F2NO/c18-13-8-9-15(14(19)11-13)20-17(16-7-4-10-21-16)12-5-2-1-3-6-12/h1-11,17,20H. The molecular weight excluding hydrogens is 272 g/mol. The highest BCUT2D eigenvalue weighted by Crippen LogP contribution is 2.28. The maximum atomic E-state index is 13.8. The van der Waals surface area contributed by atoms with E-state index in [4.69, 9.17) is 4.42 Å². The van der Waals surface area contributed by atoms with Crippen molar-refractivity contribution in [1.29, 1.82) is 0 Å². The van der Waals surface area contributed by atoms with E-state index in [1.54, 1.807) is 12.3 Å². The van der Waals surface area contributed by atoms with E-state index in [0.29, 0.717) is 5.76 Å². The third kappa shape index (κ3) is 2.94. The molecule has 2 nitrogen and oxygen atoms in total. The smallest absolute Gasteiger partial charge is 0.149 e. The third-order valence-electron chi connectivity index (χ3n) is 3.19. The van der Waals surface area contributed by atoms with Gasteiger partial charge in [-0.1, -0.05) is 30.3 Å². The molecule has 0 aliphatic heterocycles. The molecule has 0 amide bonds. The predicted molar refractivity (Wildman–Crippen MR) is 77.0 cm³/mol. The lowest BCUT2D eigenvalue weighted by Gasteiger charge is -2.19. The van der Waals surface area contributed by atoms with Gasteiger partial charge in [0.1, 0.15) is 23.4 Å². The number of anilines is 1.